The molecule has 2 saturated heterocycles. The smallest absolute Gasteiger partial charge is 0.244 e. The summed E-state index contributed by atoms with van der Waals surface area (Å²) in [6, 6.07) is 0.173. The van der Waals surface area contributed by atoms with Gasteiger partial charge in [-0.15, -0.1) is 0 Å². The molecule has 3 heterocycles. The van der Waals surface area contributed by atoms with Crippen LogP contribution >= 0.6 is 0 Å². The predicted molar refractivity (Wildman–Crippen MR) is 70.7 cm³/mol. The van der Waals surface area contributed by atoms with E-state index in [1.165, 1.54) is 12.8 Å². The third-order valence-corrected chi connectivity index (χ3v) is 4.29. The number of rotatable bonds is 3. The van der Waals surface area contributed by atoms with E-state index < -0.39 is 0 Å². The number of piperidine rings is 1. The van der Waals surface area contributed by atoms with Gasteiger partial charge in [0.2, 0.25) is 5.89 Å². The van der Waals surface area contributed by atoms with Gasteiger partial charge < -0.3 is 14.6 Å². The van der Waals surface area contributed by atoms with Crippen LogP contribution in [0.2, 0.25) is 0 Å². The van der Waals surface area contributed by atoms with Crippen LogP contribution in [0.15, 0.2) is 4.52 Å². The van der Waals surface area contributed by atoms with Crippen molar-refractivity contribution >= 4 is 0 Å². The van der Waals surface area contributed by atoms with E-state index in [0.29, 0.717) is 0 Å². The second-order valence-electron chi connectivity index (χ2n) is 6.37. The molecule has 0 aliphatic carbocycles. The molecule has 0 bridgehead atoms. The van der Waals surface area contributed by atoms with Gasteiger partial charge in [-0.1, -0.05) is 19.0 Å². The lowest BCUT2D eigenvalue weighted by Crippen LogP contribution is -2.39. The van der Waals surface area contributed by atoms with Crippen molar-refractivity contribution in [3.63, 3.8) is 0 Å². The molecular weight excluding hydrogens is 242 g/mol. The van der Waals surface area contributed by atoms with Gasteiger partial charge in [-0.2, -0.15) is 4.98 Å². The van der Waals surface area contributed by atoms with E-state index in [2.05, 4.69) is 29.3 Å². The lowest BCUT2D eigenvalue weighted by Gasteiger charge is -2.36. The fraction of sp³-hybridized carbons (Fsp3) is 0.857. The number of nitrogens with zero attached hydrogens (tertiary/aromatic N) is 2. The fourth-order valence-corrected chi connectivity index (χ4v) is 3.11. The van der Waals surface area contributed by atoms with Gasteiger partial charge in [0.1, 0.15) is 0 Å². The van der Waals surface area contributed by atoms with Gasteiger partial charge in [-0.3, -0.25) is 0 Å². The maximum Gasteiger partial charge on any atom is 0.244 e. The molecule has 0 amide bonds. The standard InChI is InChI=1S/C14H23N3O2/c1-14(2)6-4-7-15-12(14)13-16-11(17-19-13)9-10-5-3-8-18-10/h10,12,15H,3-9H2,1-2H3. The normalized spacial score (nSPS) is 30.6. The molecule has 0 spiro atoms. The monoisotopic (exact) mass is 265 g/mol. The topological polar surface area (TPSA) is 60.2 Å². The van der Waals surface area contributed by atoms with Crippen LogP contribution in [0.1, 0.15) is 57.3 Å². The van der Waals surface area contributed by atoms with Gasteiger partial charge in [-0.25, -0.2) is 0 Å². The van der Waals surface area contributed by atoms with Crippen LogP contribution in [0.3, 0.4) is 0 Å². The second kappa shape index (κ2) is 5.21. The van der Waals surface area contributed by atoms with E-state index in [4.69, 9.17) is 9.26 Å². The van der Waals surface area contributed by atoms with E-state index >= 15 is 0 Å². The summed E-state index contributed by atoms with van der Waals surface area (Å²) in [6.07, 6.45) is 5.70. The van der Waals surface area contributed by atoms with Crippen molar-refractivity contribution in [2.24, 2.45) is 5.41 Å². The molecule has 0 saturated carbocycles. The summed E-state index contributed by atoms with van der Waals surface area (Å²) in [5.74, 6) is 1.52. The van der Waals surface area contributed by atoms with Crippen molar-refractivity contribution in [1.29, 1.82) is 0 Å². The summed E-state index contributed by atoms with van der Waals surface area (Å²) in [6.45, 7) is 6.41. The SMILES string of the molecule is CC1(C)CCCNC1c1nc(CC2CCCO2)no1. The van der Waals surface area contributed by atoms with E-state index in [9.17, 15) is 0 Å². The first kappa shape index (κ1) is 13.1. The van der Waals surface area contributed by atoms with E-state index in [0.717, 1.165) is 44.1 Å². The summed E-state index contributed by atoms with van der Waals surface area (Å²) in [5, 5.41) is 7.62. The molecule has 1 N–H and O–H groups in total. The highest BCUT2D eigenvalue weighted by atomic mass is 16.5. The molecule has 2 aliphatic heterocycles. The highest BCUT2D eigenvalue weighted by Gasteiger charge is 2.37. The maximum atomic E-state index is 5.62. The average molecular weight is 265 g/mol. The first-order valence-corrected chi connectivity index (χ1v) is 7.33. The number of hydrogen-bond acceptors (Lipinski definition) is 5. The Hall–Kier alpha value is -0.940. The van der Waals surface area contributed by atoms with Crippen molar-refractivity contribution in [1.82, 2.24) is 15.5 Å². The summed E-state index contributed by atoms with van der Waals surface area (Å²) in [5.41, 5.74) is 0.173. The van der Waals surface area contributed by atoms with Crippen LogP contribution in [0, 0.1) is 5.41 Å². The molecular formula is C14H23N3O2. The number of nitrogens with one attached hydrogen (secondary N) is 1. The quantitative estimate of drug-likeness (QED) is 0.908. The molecule has 5 nitrogen and oxygen atoms in total. The Morgan fingerprint density at radius 1 is 1.37 bits per heavy atom. The number of ether oxygens (including phenoxy) is 1. The van der Waals surface area contributed by atoms with E-state index in [-0.39, 0.29) is 17.6 Å². The lowest BCUT2D eigenvalue weighted by molar-refractivity contribution is 0.109. The molecule has 2 aliphatic rings. The third kappa shape index (κ3) is 2.82. The zero-order valence-electron chi connectivity index (χ0n) is 11.8. The van der Waals surface area contributed by atoms with Crippen LogP contribution in [-0.4, -0.2) is 29.4 Å². The molecule has 2 unspecified atom stereocenters. The van der Waals surface area contributed by atoms with E-state index in [1.807, 2.05) is 0 Å². The number of aromatic nitrogens is 2. The average Bonchev–Trinajstić information content (AvgIpc) is 3.01. The van der Waals surface area contributed by atoms with Crippen molar-refractivity contribution in [2.75, 3.05) is 13.2 Å². The predicted octanol–water partition coefficient (Wildman–Crippen LogP) is 2.24. The van der Waals surface area contributed by atoms with Gasteiger partial charge in [0.05, 0.1) is 12.1 Å². The zero-order chi connectivity index (χ0) is 13.3. The van der Waals surface area contributed by atoms with Crippen molar-refractivity contribution in [3.8, 4) is 0 Å². The van der Waals surface area contributed by atoms with Crippen LogP contribution in [0.25, 0.3) is 0 Å². The van der Waals surface area contributed by atoms with Crippen molar-refractivity contribution in [3.05, 3.63) is 11.7 Å². The first-order chi connectivity index (χ1) is 9.15. The van der Waals surface area contributed by atoms with Gasteiger partial charge >= 0.3 is 0 Å². The minimum atomic E-state index is 0.173. The maximum absolute atomic E-state index is 5.62. The summed E-state index contributed by atoms with van der Waals surface area (Å²) >= 11 is 0. The van der Waals surface area contributed by atoms with Gasteiger partial charge in [-0.05, 0) is 37.6 Å². The van der Waals surface area contributed by atoms with Crippen LogP contribution in [0.5, 0.6) is 0 Å². The Morgan fingerprint density at radius 2 is 2.26 bits per heavy atom. The molecule has 5 heteroatoms. The molecule has 1 aromatic rings. The molecule has 1 aromatic heterocycles. The minimum absolute atomic E-state index is 0.173. The third-order valence-electron chi connectivity index (χ3n) is 4.29. The summed E-state index contributed by atoms with van der Waals surface area (Å²) in [7, 11) is 0. The highest BCUT2D eigenvalue weighted by Crippen LogP contribution is 2.39. The molecule has 2 fully saturated rings. The Bertz CT molecular complexity index is 424. The molecule has 19 heavy (non-hydrogen) atoms. The molecule has 0 aromatic carbocycles. The molecule has 3 rings (SSSR count). The summed E-state index contributed by atoms with van der Waals surface area (Å²) in [4.78, 5) is 4.57. The summed E-state index contributed by atoms with van der Waals surface area (Å²) < 4.78 is 11.1. The van der Waals surface area contributed by atoms with Gasteiger partial charge in [0, 0.05) is 13.0 Å². The molecule has 0 radical (unpaired) electrons. The van der Waals surface area contributed by atoms with Crippen LogP contribution < -0.4 is 5.32 Å². The van der Waals surface area contributed by atoms with Crippen LogP contribution in [-0.2, 0) is 11.2 Å². The zero-order valence-corrected chi connectivity index (χ0v) is 11.8. The minimum Gasteiger partial charge on any atom is -0.378 e. The van der Waals surface area contributed by atoms with Crippen LogP contribution in [0.4, 0.5) is 0 Å². The van der Waals surface area contributed by atoms with Gasteiger partial charge in [0.15, 0.2) is 5.82 Å². The Labute approximate surface area is 114 Å². The Kier molecular flexibility index (Phi) is 3.58. The number of hydrogen-bond donors (Lipinski definition) is 1. The first-order valence-electron chi connectivity index (χ1n) is 7.33. The largest absolute Gasteiger partial charge is 0.378 e. The van der Waals surface area contributed by atoms with E-state index in [1.54, 1.807) is 0 Å². The van der Waals surface area contributed by atoms with Crippen molar-refractivity contribution < 1.29 is 9.26 Å². The van der Waals surface area contributed by atoms with Gasteiger partial charge in [0.25, 0.3) is 0 Å². The second-order valence-corrected chi connectivity index (χ2v) is 6.37. The fourth-order valence-electron chi connectivity index (χ4n) is 3.11. The molecule has 106 valence electrons. The molecule has 2 atom stereocenters. The Morgan fingerprint density at radius 3 is 3.00 bits per heavy atom. The lowest BCUT2D eigenvalue weighted by atomic mass is 9.77. The highest BCUT2D eigenvalue weighted by molar-refractivity contribution is 5.02. The van der Waals surface area contributed by atoms with Crippen molar-refractivity contribution in [2.45, 2.75) is 58.1 Å². The Balaban J connectivity index is 1.69.